The van der Waals surface area contributed by atoms with Crippen molar-refractivity contribution in [3.63, 3.8) is 0 Å². The van der Waals surface area contributed by atoms with Crippen molar-refractivity contribution in [3.8, 4) is 0 Å². The van der Waals surface area contributed by atoms with Gasteiger partial charge in [0, 0.05) is 6.54 Å². The molecule has 184 valence electrons. The predicted octanol–water partition coefficient (Wildman–Crippen LogP) is 5.82. The van der Waals surface area contributed by atoms with E-state index in [0.717, 1.165) is 31.1 Å². The molecule has 4 aliphatic rings. The molecule has 0 amide bonds. The van der Waals surface area contributed by atoms with Crippen LogP contribution in [0.1, 0.15) is 91.9 Å². The summed E-state index contributed by atoms with van der Waals surface area (Å²) in [6.45, 7) is 11.2. The van der Waals surface area contributed by atoms with E-state index in [2.05, 4.69) is 27.7 Å². The lowest BCUT2D eigenvalue weighted by atomic mass is 9.42. The van der Waals surface area contributed by atoms with Gasteiger partial charge in [0.1, 0.15) is 0 Å². The predicted molar refractivity (Wildman–Crippen MR) is 129 cm³/mol. The fourth-order valence-electron chi connectivity index (χ4n) is 9.65. The van der Waals surface area contributed by atoms with Crippen molar-refractivity contribution in [2.75, 3.05) is 20.3 Å². The molecule has 10 atom stereocenters. The first-order valence-electron chi connectivity index (χ1n) is 13.7. The van der Waals surface area contributed by atoms with Crippen molar-refractivity contribution in [3.05, 3.63) is 0 Å². The molecular weight excluding hydrogens is 398 g/mol. The van der Waals surface area contributed by atoms with Crippen LogP contribution in [0, 0.1) is 52.3 Å². The van der Waals surface area contributed by atoms with Crippen LogP contribution < -0.4 is 5.73 Å². The van der Waals surface area contributed by atoms with E-state index in [1.54, 1.807) is 7.11 Å². The zero-order chi connectivity index (χ0) is 23.1. The molecule has 0 radical (unpaired) electrons. The van der Waals surface area contributed by atoms with E-state index >= 15 is 0 Å². The lowest BCUT2D eigenvalue weighted by Gasteiger charge is -2.63. The molecule has 0 saturated heterocycles. The Bertz CT molecular complexity index is 667. The Balaban J connectivity index is 1.62. The van der Waals surface area contributed by atoms with Crippen molar-refractivity contribution in [1.82, 2.24) is 0 Å². The average Bonchev–Trinajstić information content (AvgIpc) is 3.14. The summed E-state index contributed by atoms with van der Waals surface area (Å²) in [4.78, 5) is 13.2. The number of esters is 1. The van der Waals surface area contributed by atoms with Gasteiger partial charge in [0.2, 0.25) is 0 Å². The number of carbonyl (C=O) groups excluding carboxylic acids is 1. The van der Waals surface area contributed by atoms with Crippen molar-refractivity contribution >= 4 is 5.97 Å². The summed E-state index contributed by atoms with van der Waals surface area (Å²) in [6, 6.07) is 0. The van der Waals surface area contributed by atoms with Gasteiger partial charge in [-0.05, 0) is 97.7 Å². The third-order valence-corrected chi connectivity index (χ3v) is 11.1. The number of methoxy groups -OCH3 is 1. The van der Waals surface area contributed by atoms with E-state index in [1.807, 2.05) is 0 Å². The monoisotopic (exact) mass is 447 g/mol. The first-order valence-corrected chi connectivity index (χ1v) is 13.7. The second kappa shape index (κ2) is 9.56. The van der Waals surface area contributed by atoms with Gasteiger partial charge in [-0.25, -0.2) is 0 Å². The minimum Gasteiger partial charge on any atom is -0.469 e. The third-order valence-electron chi connectivity index (χ3n) is 11.1. The number of ether oxygens (including phenoxy) is 2. The van der Waals surface area contributed by atoms with Crippen LogP contribution in [0.15, 0.2) is 0 Å². The maximum absolute atomic E-state index is 13.2. The normalized spacial score (nSPS) is 46.6. The Labute approximate surface area is 196 Å². The molecular formula is C28H49NO3. The SMILES string of the molecule is CCC[C@@H](C)[C@H]1CC[C@H]2[C@@H]3C(C(=O)OC)CC4C[C@@H](OCCN)CC[C@]4(C)[C@H]3CC[C@]12C. The van der Waals surface area contributed by atoms with E-state index < -0.39 is 0 Å². The first-order chi connectivity index (χ1) is 15.3. The number of carbonyl (C=O) groups is 1. The summed E-state index contributed by atoms with van der Waals surface area (Å²) in [5.74, 6) is 4.14. The maximum Gasteiger partial charge on any atom is 0.308 e. The van der Waals surface area contributed by atoms with Gasteiger partial charge in [0.15, 0.2) is 0 Å². The van der Waals surface area contributed by atoms with Crippen LogP contribution in [0.2, 0.25) is 0 Å². The van der Waals surface area contributed by atoms with Crippen LogP contribution >= 0.6 is 0 Å². The summed E-state index contributed by atoms with van der Waals surface area (Å²) < 4.78 is 11.5. The molecule has 4 rings (SSSR count). The zero-order valence-corrected chi connectivity index (χ0v) is 21.4. The summed E-state index contributed by atoms with van der Waals surface area (Å²) >= 11 is 0. The van der Waals surface area contributed by atoms with E-state index in [0.29, 0.717) is 53.8 Å². The molecule has 4 fully saturated rings. The fourth-order valence-corrected chi connectivity index (χ4v) is 9.65. The average molecular weight is 448 g/mol. The highest BCUT2D eigenvalue weighted by Crippen LogP contribution is 2.69. The van der Waals surface area contributed by atoms with Gasteiger partial charge in [-0.1, -0.05) is 40.5 Å². The Morgan fingerprint density at radius 3 is 2.47 bits per heavy atom. The lowest BCUT2D eigenvalue weighted by molar-refractivity contribution is -0.181. The largest absolute Gasteiger partial charge is 0.469 e. The van der Waals surface area contributed by atoms with Gasteiger partial charge in [-0.15, -0.1) is 0 Å². The molecule has 4 heteroatoms. The second-order valence-corrected chi connectivity index (χ2v) is 12.4. The summed E-state index contributed by atoms with van der Waals surface area (Å²) in [7, 11) is 1.60. The highest BCUT2D eigenvalue weighted by Gasteiger charge is 2.64. The fraction of sp³-hybridized carbons (Fsp3) is 0.964. The molecule has 0 aromatic rings. The van der Waals surface area contributed by atoms with Gasteiger partial charge >= 0.3 is 5.97 Å². The molecule has 0 aromatic carbocycles. The lowest BCUT2D eigenvalue weighted by Crippen LogP contribution is -2.58. The van der Waals surface area contributed by atoms with Crippen LogP contribution in [0.4, 0.5) is 0 Å². The standard InChI is InChI=1S/C28H49NO3/c1-6-7-18(2)22-8-9-23-25-21(26(30)31-5)17-19-16-20(32-15-14-29)10-12-27(19,3)24(25)11-13-28(22,23)4/h18-25H,6-17,29H2,1-5H3/t18-,19?,20+,21?,22-,23+,24+,25+,27+,28-/m1/s1. The van der Waals surface area contributed by atoms with Crippen molar-refractivity contribution in [1.29, 1.82) is 0 Å². The Morgan fingerprint density at radius 1 is 1.06 bits per heavy atom. The van der Waals surface area contributed by atoms with Gasteiger partial charge < -0.3 is 15.2 Å². The molecule has 0 heterocycles. The van der Waals surface area contributed by atoms with Crippen molar-refractivity contribution in [2.45, 2.75) is 98.0 Å². The van der Waals surface area contributed by atoms with Crippen LogP contribution in [0.5, 0.6) is 0 Å². The molecule has 2 unspecified atom stereocenters. The van der Waals surface area contributed by atoms with Crippen LogP contribution in [0.3, 0.4) is 0 Å². The maximum atomic E-state index is 13.2. The van der Waals surface area contributed by atoms with Crippen LogP contribution in [-0.2, 0) is 14.3 Å². The van der Waals surface area contributed by atoms with Crippen molar-refractivity contribution < 1.29 is 14.3 Å². The third kappa shape index (κ3) is 3.96. The van der Waals surface area contributed by atoms with Crippen LogP contribution in [0.25, 0.3) is 0 Å². The number of hydrogen-bond acceptors (Lipinski definition) is 4. The molecule has 4 aliphatic carbocycles. The number of nitrogens with two attached hydrogens (primary N) is 1. The summed E-state index contributed by atoms with van der Waals surface area (Å²) in [6.07, 6.45) is 12.7. The molecule has 0 aromatic heterocycles. The first kappa shape index (κ1) is 24.5. The molecule has 4 nitrogen and oxygen atoms in total. The zero-order valence-electron chi connectivity index (χ0n) is 21.4. The molecule has 4 saturated carbocycles. The number of rotatable bonds is 7. The Hall–Kier alpha value is -0.610. The Kier molecular flexibility index (Phi) is 7.33. The summed E-state index contributed by atoms with van der Waals surface area (Å²) in [5.41, 5.74) is 6.43. The molecule has 2 N–H and O–H groups in total. The topological polar surface area (TPSA) is 61.5 Å². The molecule has 0 bridgehead atoms. The van der Waals surface area contributed by atoms with E-state index in [-0.39, 0.29) is 11.9 Å². The van der Waals surface area contributed by atoms with E-state index in [4.69, 9.17) is 15.2 Å². The van der Waals surface area contributed by atoms with E-state index in [9.17, 15) is 4.79 Å². The molecule has 0 aliphatic heterocycles. The Morgan fingerprint density at radius 2 is 1.78 bits per heavy atom. The van der Waals surface area contributed by atoms with Gasteiger partial charge in [0.25, 0.3) is 0 Å². The number of fused-ring (bicyclic) bond motifs is 5. The number of hydrogen-bond donors (Lipinski definition) is 1. The molecule has 0 spiro atoms. The van der Waals surface area contributed by atoms with Gasteiger partial charge in [0.05, 0.1) is 25.7 Å². The quantitative estimate of drug-likeness (QED) is 0.499. The van der Waals surface area contributed by atoms with Crippen molar-refractivity contribution in [2.24, 2.45) is 58.0 Å². The molecule has 32 heavy (non-hydrogen) atoms. The smallest absolute Gasteiger partial charge is 0.308 e. The van der Waals surface area contributed by atoms with Crippen LogP contribution in [-0.4, -0.2) is 32.3 Å². The summed E-state index contributed by atoms with van der Waals surface area (Å²) in [5, 5.41) is 0. The highest BCUT2D eigenvalue weighted by molar-refractivity contribution is 5.73. The van der Waals surface area contributed by atoms with Gasteiger partial charge in [-0.3, -0.25) is 4.79 Å². The minimum atomic E-state index is 0.0568. The minimum absolute atomic E-state index is 0.0568. The highest BCUT2D eigenvalue weighted by atomic mass is 16.5. The van der Waals surface area contributed by atoms with E-state index in [1.165, 1.54) is 44.9 Å². The second-order valence-electron chi connectivity index (χ2n) is 12.4. The van der Waals surface area contributed by atoms with Gasteiger partial charge in [-0.2, -0.15) is 0 Å².